The Bertz CT molecular complexity index is 639. The molecule has 1 heterocycles. The van der Waals surface area contributed by atoms with Crippen LogP contribution in [0.25, 0.3) is 0 Å². The molecule has 1 aliphatic heterocycles. The molecule has 1 aliphatic carbocycles. The molecule has 5 heteroatoms. The number of benzene rings is 1. The van der Waals surface area contributed by atoms with Gasteiger partial charge in [-0.15, -0.1) is 0 Å². The molecule has 3 unspecified atom stereocenters. The second kappa shape index (κ2) is 7.16. The lowest BCUT2D eigenvalue weighted by Crippen LogP contribution is -2.34. The average Bonchev–Trinajstić information content (AvgIpc) is 3.04. The SMILES string of the molecule is CC(C)C1(C)CCCC(OCC2=COC(c3ccc(O)c(O)c3)O2)C1. The first-order valence-corrected chi connectivity index (χ1v) is 9.02. The van der Waals surface area contributed by atoms with Crippen molar-refractivity contribution in [3.63, 3.8) is 0 Å². The summed E-state index contributed by atoms with van der Waals surface area (Å²) in [5, 5.41) is 19.0. The van der Waals surface area contributed by atoms with Crippen molar-refractivity contribution in [3.05, 3.63) is 35.8 Å². The van der Waals surface area contributed by atoms with Crippen molar-refractivity contribution in [3.8, 4) is 11.5 Å². The van der Waals surface area contributed by atoms with Gasteiger partial charge in [-0.05, 0) is 48.8 Å². The van der Waals surface area contributed by atoms with Crippen LogP contribution in [-0.2, 0) is 14.2 Å². The molecule has 1 aromatic carbocycles. The monoisotopic (exact) mass is 348 g/mol. The normalized spacial score (nSPS) is 29.2. The summed E-state index contributed by atoms with van der Waals surface area (Å²) in [5.74, 6) is 0.943. The van der Waals surface area contributed by atoms with E-state index >= 15 is 0 Å². The van der Waals surface area contributed by atoms with Gasteiger partial charge in [0.05, 0.1) is 6.10 Å². The number of hydrogen-bond donors (Lipinski definition) is 2. The van der Waals surface area contributed by atoms with Crippen LogP contribution < -0.4 is 0 Å². The highest BCUT2D eigenvalue weighted by Gasteiger charge is 2.35. The first-order valence-electron chi connectivity index (χ1n) is 9.02. The fourth-order valence-electron chi connectivity index (χ4n) is 3.56. The van der Waals surface area contributed by atoms with Gasteiger partial charge in [0.15, 0.2) is 17.3 Å². The summed E-state index contributed by atoms with van der Waals surface area (Å²) in [5.41, 5.74) is 0.989. The molecule has 0 bridgehead atoms. The number of ether oxygens (including phenoxy) is 3. The zero-order valence-corrected chi connectivity index (χ0v) is 15.2. The van der Waals surface area contributed by atoms with Gasteiger partial charge < -0.3 is 24.4 Å². The van der Waals surface area contributed by atoms with Gasteiger partial charge in [-0.1, -0.05) is 27.2 Å². The largest absolute Gasteiger partial charge is 0.504 e. The summed E-state index contributed by atoms with van der Waals surface area (Å²) < 4.78 is 17.3. The Hall–Kier alpha value is -1.88. The third kappa shape index (κ3) is 4.03. The number of phenols is 2. The molecule has 138 valence electrons. The van der Waals surface area contributed by atoms with Crippen LogP contribution in [0.15, 0.2) is 30.2 Å². The summed E-state index contributed by atoms with van der Waals surface area (Å²) in [4.78, 5) is 0. The van der Waals surface area contributed by atoms with Crippen molar-refractivity contribution >= 4 is 0 Å². The van der Waals surface area contributed by atoms with Crippen molar-refractivity contribution in [2.75, 3.05) is 6.61 Å². The maximum absolute atomic E-state index is 9.59. The molecule has 1 fully saturated rings. The number of hydrogen-bond acceptors (Lipinski definition) is 5. The van der Waals surface area contributed by atoms with Crippen molar-refractivity contribution < 1.29 is 24.4 Å². The van der Waals surface area contributed by atoms with E-state index in [1.807, 2.05) is 0 Å². The van der Waals surface area contributed by atoms with Gasteiger partial charge >= 0.3 is 0 Å². The van der Waals surface area contributed by atoms with Gasteiger partial charge in [-0.25, -0.2) is 0 Å². The Morgan fingerprint density at radius 1 is 1.28 bits per heavy atom. The third-order valence-electron chi connectivity index (χ3n) is 5.68. The summed E-state index contributed by atoms with van der Waals surface area (Å²) in [7, 11) is 0. The fraction of sp³-hybridized carbons (Fsp3) is 0.600. The van der Waals surface area contributed by atoms with E-state index in [9.17, 15) is 10.2 Å². The number of aromatic hydroxyl groups is 2. The molecule has 25 heavy (non-hydrogen) atoms. The topological polar surface area (TPSA) is 68.2 Å². The predicted octanol–water partition coefficient (Wildman–Crippen LogP) is 4.61. The molecule has 1 aromatic rings. The van der Waals surface area contributed by atoms with E-state index in [1.165, 1.54) is 25.0 Å². The molecule has 3 rings (SSSR count). The lowest BCUT2D eigenvalue weighted by Gasteiger charge is -2.41. The molecule has 5 nitrogen and oxygen atoms in total. The summed E-state index contributed by atoms with van der Waals surface area (Å²) in [6, 6.07) is 4.51. The molecule has 0 saturated heterocycles. The lowest BCUT2D eigenvalue weighted by atomic mass is 9.67. The standard InChI is InChI=1S/C20H28O5/c1-13(2)20(3)8-4-5-15(10-20)23-11-16-12-24-19(25-16)14-6-7-17(21)18(22)9-14/h6-7,9,12-13,15,19,21-22H,4-5,8,10-11H2,1-3H3. The van der Waals surface area contributed by atoms with E-state index in [2.05, 4.69) is 20.8 Å². The molecule has 0 amide bonds. The van der Waals surface area contributed by atoms with Crippen LogP contribution in [0.4, 0.5) is 0 Å². The molecule has 2 aliphatic rings. The Labute approximate surface area is 149 Å². The van der Waals surface area contributed by atoms with Crippen molar-refractivity contribution in [1.82, 2.24) is 0 Å². The summed E-state index contributed by atoms with van der Waals surface area (Å²) >= 11 is 0. The van der Waals surface area contributed by atoms with Crippen LogP contribution in [0.2, 0.25) is 0 Å². The Kier molecular flexibility index (Phi) is 5.13. The minimum Gasteiger partial charge on any atom is -0.504 e. The highest BCUT2D eigenvalue weighted by molar-refractivity contribution is 5.41. The van der Waals surface area contributed by atoms with Crippen LogP contribution in [-0.4, -0.2) is 22.9 Å². The van der Waals surface area contributed by atoms with Crippen LogP contribution in [0.5, 0.6) is 11.5 Å². The van der Waals surface area contributed by atoms with Gasteiger partial charge in [-0.3, -0.25) is 0 Å². The number of rotatable bonds is 5. The summed E-state index contributed by atoms with van der Waals surface area (Å²) in [6.45, 7) is 7.32. The number of phenolic OH excluding ortho intramolecular Hbond substituents is 2. The molecular weight excluding hydrogens is 320 g/mol. The minimum atomic E-state index is -0.614. The van der Waals surface area contributed by atoms with Gasteiger partial charge in [0.2, 0.25) is 0 Å². The fourth-order valence-corrected chi connectivity index (χ4v) is 3.56. The summed E-state index contributed by atoms with van der Waals surface area (Å²) in [6.07, 6.45) is 5.84. The van der Waals surface area contributed by atoms with Gasteiger partial charge in [-0.2, -0.15) is 0 Å². The van der Waals surface area contributed by atoms with Crippen LogP contribution in [0.1, 0.15) is 58.3 Å². The van der Waals surface area contributed by atoms with E-state index < -0.39 is 6.29 Å². The zero-order valence-electron chi connectivity index (χ0n) is 15.2. The predicted molar refractivity (Wildman–Crippen MR) is 93.9 cm³/mol. The van der Waals surface area contributed by atoms with Gasteiger partial charge in [0.25, 0.3) is 6.29 Å². The van der Waals surface area contributed by atoms with Gasteiger partial charge in [0.1, 0.15) is 12.9 Å². The van der Waals surface area contributed by atoms with E-state index in [4.69, 9.17) is 14.2 Å². The van der Waals surface area contributed by atoms with Crippen molar-refractivity contribution in [1.29, 1.82) is 0 Å². The first kappa shape index (κ1) is 17.9. The quantitative estimate of drug-likeness (QED) is 0.761. The van der Waals surface area contributed by atoms with Crippen molar-refractivity contribution in [2.24, 2.45) is 11.3 Å². The smallest absolute Gasteiger partial charge is 0.266 e. The maximum atomic E-state index is 9.59. The molecule has 0 aromatic heterocycles. The highest BCUT2D eigenvalue weighted by atomic mass is 16.7. The molecule has 2 N–H and O–H groups in total. The molecule has 1 saturated carbocycles. The second-order valence-corrected chi connectivity index (χ2v) is 7.76. The Morgan fingerprint density at radius 3 is 2.80 bits per heavy atom. The van der Waals surface area contributed by atoms with E-state index in [0.717, 1.165) is 12.8 Å². The van der Waals surface area contributed by atoms with Crippen LogP contribution in [0, 0.1) is 11.3 Å². The molecule has 3 atom stereocenters. The molecule has 0 spiro atoms. The molecule has 0 radical (unpaired) electrons. The average molecular weight is 348 g/mol. The highest BCUT2D eigenvalue weighted by Crippen LogP contribution is 2.43. The Morgan fingerprint density at radius 2 is 2.08 bits per heavy atom. The minimum absolute atomic E-state index is 0.163. The van der Waals surface area contributed by atoms with Gasteiger partial charge in [0, 0.05) is 5.56 Å². The maximum Gasteiger partial charge on any atom is 0.266 e. The van der Waals surface area contributed by atoms with Crippen LogP contribution in [0.3, 0.4) is 0 Å². The lowest BCUT2D eigenvalue weighted by molar-refractivity contribution is -0.0610. The van der Waals surface area contributed by atoms with E-state index in [1.54, 1.807) is 12.3 Å². The second-order valence-electron chi connectivity index (χ2n) is 7.76. The zero-order chi connectivity index (χ0) is 18.0. The first-order chi connectivity index (χ1) is 11.9. The van der Waals surface area contributed by atoms with Crippen molar-refractivity contribution in [2.45, 2.75) is 58.8 Å². The Balaban J connectivity index is 1.51. The molecular formula is C20H28O5. The van der Waals surface area contributed by atoms with E-state index in [-0.39, 0.29) is 17.6 Å². The third-order valence-corrected chi connectivity index (χ3v) is 5.68. The van der Waals surface area contributed by atoms with Crippen LogP contribution >= 0.6 is 0 Å². The van der Waals surface area contributed by atoms with E-state index in [0.29, 0.717) is 29.3 Å².